The summed E-state index contributed by atoms with van der Waals surface area (Å²) in [7, 11) is 0. The molecule has 1 aromatic heterocycles. The van der Waals surface area contributed by atoms with E-state index in [0.717, 1.165) is 53.5 Å². The van der Waals surface area contributed by atoms with Gasteiger partial charge in [0.05, 0.1) is 23.7 Å². The fraction of sp³-hybridized carbons (Fsp3) is 0.400. The Labute approximate surface area is 200 Å². The van der Waals surface area contributed by atoms with Crippen molar-refractivity contribution in [3.8, 4) is 0 Å². The highest BCUT2D eigenvalue weighted by Crippen LogP contribution is 2.40. The van der Waals surface area contributed by atoms with E-state index in [-0.39, 0.29) is 18.1 Å². The number of piperazine rings is 1. The zero-order chi connectivity index (χ0) is 24.9. The van der Waals surface area contributed by atoms with Crippen LogP contribution >= 0.6 is 0 Å². The summed E-state index contributed by atoms with van der Waals surface area (Å²) in [5.41, 5.74) is 9.70. The number of aryl methyl sites for hydroxylation is 2. The number of benzene rings is 2. The van der Waals surface area contributed by atoms with Gasteiger partial charge in [-0.1, -0.05) is 0 Å². The summed E-state index contributed by atoms with van der Waals surface area (Å²) in [5.74, 6) is 1.11. The fourth-order valence-electron chi connectivity index (χ4n) is 5.07. The molecule has 5 rings (SSSR count). The highest BCUT2D eigenvalue weighted by atomic mass is 19.4. The van der Waals surface area contributed by atoms with Gasteiger partial charge in [0.2, 0.25) is 5.91 Å². The Kier molecular flexibility index (Phi) is 5.69. The van der Waals surface area contributed by atoms with Crippen LogP contribution in [0.2, 0.25) is 0 Å². The number of anilines is 3. The Morgan fingerprint density at radius 3 is 2.66 bits per heavy atom. The predicted octanol–water partition coefficient (Wildman–Crippen LogP) is 4.14. The normalized spacial score (nSPS) is 16.8. The zero-order valence-electron chi connectivity index (χ0n) is 19.6. The van der Waals surface area contributed by atoms with E-state index in [2.05, 4.69) is 20.5 Å². The van der Waals surface area contributed by atoms with Crippen LogP contribution in [0.4, 0.5) is 30.4 Å². The van der Waals surface area contributed by atoms with E-state index in [1.807, 2.05) is 13.0 Å². The van der Waals surface area contributed by atoms with Gasteiger partial charge in [-0.2, -0.15) is 13.2 Å². The summed E-state index contributed by atoms with van der Waals surface area (Å²) >= 11 is 0. The van der Waals surface area contributed by atoms with Crippen LogP contribution in [0.1, 0.15) is 47.5 Å². The molecule has 0 bridgehead atoms. The first-order chi connectivity index (χ1) is 16.6. The Bertz CT molecular complexity index is 1320. The fourth-order valence-corrected chi connectivity index (χ4v) is 5.07. The van der Waals surface area contributed by atoms with Crippen LogP contribution in [0.5, 0.6) is 0 Å². The van der Waals surface area contributed by atoms with Gasteiger partial charge >= 0.3 is 6.18 Å². The predicted molar refractivity (Wildman–Crippen MR) is 129 cm³/mol. The lowest BCUT2D eigenvalue weighted by atomic mass is 10.0. The molecule has 7 nitrogen and oxygen atoms in total. The van der Waals surface area contributed by atoms with Crippen LogP contribution in [0.25, 0.3) is 10.9 Å². The number of carbonyl (C=O) groups is 1. The summed E-state index contributed by atoms with van der Waals surface area (Å²) in [6.45, 7) is 5.16. The smallest absolute Gasteiger partial charge is 0.399 e. The molecule has 1 fully saturated rings. The van der Waals surface area contributed by atoms with Gasteiger partial charge in [-0.25, -0.2) is 9.97 Å². The second-order valence-electron chi connectivity index (χ2n) is 9.25. The summed E-state index contributed by atoms with van der Waals surface area (Å²) < 4.78 is 40.0. The summed E-state index contributed by atoms with van der Waals surface area (Å²) in [5, 5.41) is 6.96. The standard InChI is InChI=1S/C25H27F3N6O/c1-13(15-8-16(25(26,27)28)10-17(29)9-15)31-24-20-11-21(34-7-6-30-22(35)12-34)18-4-3-5-19(18)23(20)32-14(2)33-24/h8-11,13H,3-7,12,29H2,1-2H3,(H,30,35)(H,31,32,33)/t13-/m1/s1. The minimum absolute atomic E-state index is 0.0163. The quantitative estimate of drug-likeness (QED) is 0.482. The van der Waals surface area contributed by atoms with Gasteiger partial charge < -0.3 is 21.3 Å². The second kappa shape index (κ2) is 8.58. The van der Waals surface area contributed by atoms with Gasteiger partial charge in [-0.3, -0.25) is 4.79 Å². The molecule has 2 aliphatic rings. The minimum atomic E-state index is -4.49. The third kappa shape index (κ3) is 4.44. The second-order valence-corrected chi connectivity index (χ2v) is 9.25. The average molecular weight is 485 g/mol. The van der Waals surface area contributed by atoms with Crippen molar-refractivity contribution in [1.82, 2.24) is 15.3 Å². The van der Waals surface area contributed by atoms with Crippen molar-refractivity contribution < 1.29 is 18.0 Å². The van der Waals surface area contributed by atoms with Crippen molar-refractivity contribution in [3.05, 3.63) is 52.3 Å². The van der Waals surface area contributed by atoms with Crippen LogP contribution in [-0.2, 0) is 23.8 Å². The number of nitrogens with zero attached hydrogens (tertiary/aromatic N) is 3. The van der Waals surface area contributed by atoms with Crippen molar-refractivity contribution in [2.45, 2.75) is 45.3 Å². The maximum atomic E-state index is 13.3. The summed E-state index contributed by atoms with van der Waals surface area (Å²) in [6.07, 6.45) is -1.68. The molecule has 1 amide bonds. The lowest BCUT2D eigenvalue weighted by Crippen LogP contribution is -2.48. The monoisotopic (exact) mass is 484 g/mol. The molecule has 4 N–H and O–H groups in total. The number of halogens is 3. The van der Waals surface area contributed by atoms with Gasteiger partial charge in [-0.05, 0) is 74.1 Å². The lowest BCUT2D eigenvalue weighted by molar-refractivity contribution is -0.137. The Hall–Kier alpha value is -3.56. The molecule has 1 aliphatic carbocycles. The van der Waals surface area contributed by atoms with Gasteiger partial charge in [0.25, 0.3) is 0 Å². The number of fused-ring (bicyclic) bond motifs is 3. The molecule has 3 aromatic rings. The Morgan fingerprint density at radius 1 is 1.14 bits per heavy atom. The van der Waals surface area contributed by atoms with Crippen LogP contribution in [0, 0.1) is 6.92 Å². The first kappa shape index (κ1) is 23.2. The zero-order valence-corrected chi connectivity index (χ0v) is 19.6. The van der Waals surface area contributed by atoms with E-state index in [9.17, 15) is 18.0 Å². The molecule has 0 radical (unpaired) electrons. The number of rotatable bonds is 4. The molecule has 1 aliphatic heterocycles. The van der Waals surface area contributed by atoms with Crippen LogP contribution in [0.3, 0.4) is 0 Å². The number of hydrogen-bond acceptors (Lipinski definition) is 6. The van der Waals surface area contributed by atoms with Gasteiger partial charge in [0.15, 0.2) is 0 Å². The van der Waals surface area contributed by atoms with Crippen LogP contribution in [0.15, 0.2) is 24.3 Å². The molecule has 1 saturated heterocycles. The molecule has 184 valence electrons. The molecule has 10 heteroatoms. The van der Waals surface area contributed by atoms with Crippen molar-refractivity contribution >= 4 is 34.0 Å². The molecule has 35 heavy (non-hydrogen) atoms. The average Bonchev–Trinajstić information content (AvgIpc) is 3.28. The highest BCUT2D eigenvalue weighted by Gasteiger charge is 2.32. The maximum absolute atomic E-state index is 13.3. The van der Waals surface area contributed by atoms with Gasteiger partial charge in [-0.15, -0.1) is 0 Å². The molecular formula is C25H27F3N6O. The maximum Gasteiger partial charge on any atom is 0.416 e. The van der Waals surface area contributed by atoms with Crippen LogP contribution < -0.4 is 21.3 Å². The minimum Gasteiger partial charge on any atom is -0.399 e. The third-order valence-corrected chi connectivity index (χ3v) is 6.69. The largest absolute Gasteiger partial charge is 0.416 e. The number of nitrogens with one attached hydrogen (secondary N) is 2. The number of aromatic nitrogens is 2. The Balaban J connectivity index is 1.59. The topological polar surface area (TPSA) is 96.2 Å². The third-order valence-electron chi connectivity index (χ3n) is 6.69. The SMILES string of the molecule is Cc1nc(N[C@H](C)c2cc(N)cc(C(F)(F)F)c2)c2cc(N3CCNC(=O)C3)c3c(c2n1)CCC3. The first-order valence-corrected chi connectivity index (χ1v) is 11.7. The summed E-state index contributed by atoms with van der Waals surface area (Å²) in [6, 6.07) is 5.12. The van der Waals surface area contributed by atoms with Gasteiger partial charge in [0.1, 0.15) is 11.6 Å². The molecule has 2 aromatic carbocycles. The van der Waals surface area contributed by atoms with E-state index in [0.29, 0.717) is 30.3 Å². The Morgan fingerprint density at radius 2 is 1.91 bits per heavy atom. The van der Waals surface area contributed by atoms with Crippen LogP contribution in [-0.4, -0.2) is 35.5 Å². The molecule has 0 saturated carbocycles. The number of carbonyl (C=O) groups excluding carboxylic acids is 1. The number of nitrogens with two attached hydrogens (primary N) is 1. The molecule has 0 unspecified atom stereocenters. The van der Waals surface area contributed by atoms with E-state index >= 15 is 0 Å². The van der Waals surface area contributed by atoms with Gasteiger partial charge in [0, 0.05) is 29.9 Å². The lowest BCUT2D eigenvalue weighted by Gasteiger charge is -2.31. The first-order valence-electron chi connectivity index (χ1n) is 11.7. The van der Waals surface area contributed by atoms with E-state index in [4.69, 9.17) is 10.7 Å². The number of alkyl halides is 3. The van der Waals surface area contributed by atoms with E-state index < -0.39 is 17.8 Å². The van der Waals surface area contributed by atoms with Crippen molar-refractivity contribution in [3.63, 3.8) is 0 Å². The van der Waals surface area contributed by atoms with Crippen molar-refractivity contribution in [2.24, 2.45) is 0 Å². The molecule has 0 spiro atoms. The molecule has 1 atom stereocenters. The van der Waals surface area contributed by atoms with E-state index in [1.54, 1.807) is 13.0 Å². The molecular weight excluding hydrogens is 457 g/mol. The highest BCUT2D eigenvalue weighted by molar-refractivity contribution is 5.97. The summed E-state index contributed by atoms with van der Waals surface area (Å²) in [4.78, 5) is 23.5. The van der Waals surface area contributed by atoms with Crippen molar-refractivity contribution in [1.29, 1.82) is 0 Å². The number of hydrogen-bond donors (Lipinski definition) is 3. The molecule has 2 heterocycles. The van der Waals surface area contributed by atoms with Crippen molar-refractivity contribution in [2.75, 3.05) is 35.6 Å². The number of amides is 1. The number of nitrogen functional groups attached to an aromatic ring is 1. The van der Waals surface area contributed by atoms with E-state index in [1.165, 1.54) is 5.56 Å².